The maximum absolute atomic E-state index is 6.28. The van der Waals surface area contributed by atoms with Crippen molar-refractivity contribution in [3.63, 3.8) is 0 Å². The van der Waals surface area contributed by atoms with Crippen LogP contribution in [0, 0.1) is 0 Å². The van der Waals surface area contributed by atoms with Crippen molar-refractivity contribution in [3.8, 4) is 11.1 Å². The number of hydrogen-bond donors (Lipinski definition) is 1. The third kappa shape index (κ3) is 2.74. The van der Waals surface area contributed by atoms with E-state index in [1.54, 1.807) is 0 Å². The summed E-state index contributed by atoms with van der Waals surface area (Å²) in [4.78, 5) is 0. The maximum atomic E-state index is 6.28. The van der Waals surface area contributed by atoms with Crippen LogP contribution in [0.3, 0.4) is 0 Å². The Hall–Kier alpha value is -1.31. The highest BCUT2D eigenvalue weighted by Crippen LogP contribution is 2.37. The van der Waals surface area contributed by atoms with Crippen LogP contribution in [0.15, 0.2) is 42.5 Å². The van der Waals surface area contributed by atoms with Gasteiger partial charge in [0.15, 0.2) is 0 Å². The lowest BCUT2D eigenvalue weighted by molar-refractivity contribution is 0.603. The van der Waals surface area contributed by atoms with E-state index in [0.29, 0.717) is 0 Å². The Bertz CT molecular complexity index is 592. The summed E-state index contributed by atoms with van der Waals surface area (Å²) in [7, 11) is 0. The van der Waals surface area contributed by atoms with Gasteiger partial charge < -0.3 is 5.73 Å². The smallest absolute Gasteiger partial charge is 0.0294 e. The third-order valence-electron chi connectivity index (χ3n) is 4.11. The first-order chi connectivity index (χ1) is 9.29. The van der Waals surface area contributed by atoms with Gasteiger partial charge in [-0.3, -0.25) is 0 Å². The second-order valence-corrected chi connectivity index (χ2v) is 5.50. The molecule has 0 saturated carbocycles. The van der Waals surface area contributed by atoms with E-state index in [4.69, 9.17) is 5.73 Å². The maximum Gasteiger partial charge on any atom is 0.0294 e. The van der Waals surface area contributed by atoms with Crippen molar-refractivity contribution in [1.82, 2.24) is 0 Å². The Kier molecular flexibility index (Phi) is 4.85. The molecule has 2 heteroatoms. The second-order valence-electron chi connectivity index (χ2n) is 5.50. The van der Waals surface area contributed by atoms with E-state index in [0.717, 1.165) is 12.8 Å². The summed E-state index contributed by atoms with van der Waals surface area (Å²) in [5.41, 5.74) is 13.2. The topological polar surface area (TPSA) is 26.0 Å². The fraction of sp³-hybridized carbons (Fsp3) is 0.333. The summed E-state index contributed by atoms with van der Waals surface area (Å²) in [5, 5.41) is 0. The van der Waals surface area contributed by atoms with E-state index in [1.807, 2.05) is 0 Å². The lowest BCUT2D eigenvalue weighted by Gasteiger charge is -2.13. The molecule has 0 bridgehead atoms. The number of hydrogen-bond acceptors (Lipinski definition) is 1. The van der Waals surface area contributed by atoms with Crippen LogP contribution < -0.4 is 5.73 Å². The number of benzene rings is 2. The average Bonchev–Trinajstić information content (AvgIpc) is 2.82. The highest BCUT2D eigenvalue weighted by molar-refractivity contribution is 5.85. The fourth-order valence-electron chi connectivity index (χ4n) is 2.99. The first kappa shape index (κ1) is 15.1. The van der Waals surface area contributed by atoms with Crippen LogP contribution in [0.1, 0.15) is 48.9 Å². The van der Waals surface area contributed by atoms with Crippen LogP contribution in [0.4, 0.5) is 0 Å². The molecule has 0 unspecified atom stereocenters. The van der Waals surface area contributed by atoms with Crippen LogP contribution in [0.25, 0.3) is 11.1 Å². The molecule has 0 saturated heterocycles. The zero-order valence-corrected chi connectivity index (χ0v) is 12.7. The van der Waals surface area contributed by atoms with Gasteiger partial charge in [0.25, 0.3) is 0 Å². The minimum Gasteiger partial charge on any atom is -0.324 e. The summed E-state index contributed by atoms with van der Waals surface area (Å²) in [6.45, 7) is 2.21. The van der Waals surface area contributed by atoms with Gasteiger partial charge in [-0.05, 0) is 40.7 Å². The number of fused-ring (bicyclic) bond motifs is 3. The van der Waals surface area contributed by atoms with Gasteiger partial charge in [-0.25, -0.2) is 0 Å². The van der Waals surface area contributed by atoms with Crippen molar-refractivity contribution < 1.29 is 0 Å². The quantitative estimate of drug-likeness (QED) is 0.728. The summed E-state index contributed by atoms with van der Waals surface area (Å²) in [6, 6.07) is 15.7. The standard InChI is InChI=1S/C18H21N.ClH/c1-2-3-8-18(19)14-9-10-17-15(12-14)11-13-6-4-5-7-16(13)17;/h4-7,9-10,12,18H,2-3,8,11,19H2,1H3;1H/t18-;/m1./s1. The minimum atomic E-state index is 0. The van der Waals surface area contributed by atoms with Gasteiger partial charge in [0.1, 0.15) is 0 Å². The molecular weight excluding hydrogens is 266 g/mol. The van der Waals surface area contributed by atoms with E-state index >= 15 is 0 Å². The number of rotatable bonds is 4. The zero-order chi connectivity index (χ0) is 13.2. The van der Waals surface area contributed by atoms with E-state index < -0.39 is 0 Å². The molecule has 2 aromatic carbocycles. The molecule has 1 atom stereocenters. The molecule has 0 aromatic heterocycles. The van der Waals surface area contributed by atoms with Crippen molar-refractivity contribution in [2.24, 2.45) is 5.73 Å². The van der Waals surface area contributed by atoms with Crippen LogP contribution in [0.5, 0.6) is 0 Å². The first-order valence-corrected chi connectivity index (χ1v) is 7.26. The Morgan fingerprint density at radius 3 is 2.60 bits per heavy atom. The average molecular weight is 288 g/mol. The zero-order valence-electron chi connectivity index (χ0n) is 11.9. The van der Waals surface area contributed by atoms with Crippen LogP contribution in [-0.4, -0.2) is 0 Å². The molecule has 1 aliphatic carbocycles. The molecule has 106 valence electrons. The number of halogens is 1. The molecule has 1 aliphatic rings. The monoisotopic (exact) mass is 287 g/mol. The normalized spacial score (nSPS) is 13.3. The lowest BCUT2D eigenvalue weighted by atomic mass is 9.97. The largest absolute Gasteiger partial charge is 0.324 e. The molecule has 0 aliphatic heterocycles. The van der Waals surface area contributed by atoms with Crippen LogP contribution in [0.2, 0.25) is 0 Å². The highest BCUT2D eigenvalue weighted by Gasteiger charge is 2.18. The van der Waals surface area contributed by atoms with Crippen molar-refractivity contribution in [2.45, 2.75) is 38.6 Å². The summed E-state index contributed by atoms with van der Waals surface area (Å²) < 4.78 is 0. The van der Waals surface area contributed by atoms with Crippen molar-refractivity contribution in [1.29, 1.82) is 0 Å². The second kappa shape index (κ2) is 6.43. The van der Waals surface area contributed by atoms with Crippen molar-refractivity contribution in [3.05, 3.63) is 59.2 Å². The predicted octanol–water partition coefficient (Wildman–Crippen LogP) is 4.87. The number of unbranched alkanes of at least 4 members (excludes halogenated alkanes) is 1. The lowest BCUT2D eigenvalue weighted by Crippen LogP contribution is -2.10. The summed E-state index contributed by atoms with van der Waals surface area (Å²) in [5.74, 6) is 0. The molecule has 0 amide bonds. The molecule has 0 fully saturated rings. The Morgan fingerprint density at radius 2 is 1.80 bits per heavy atom. The van der Waals surface area contributed by atoms with Gasteiger partial charge in [0.05, 0.1) is 0 Å². The molecule has 20 heavy (non-hydrogen) atoms. The molecule has 1 nitrogen and oxygen atoms in total. The summed E-state index contributed by atoms with van der Waals surface area (Å²) in [6.07, 6.45) is 4.56. The first-order valence-electron chi connectivity index (χ1n) is 7.26. The molecule has 2 aromatic rings. The van der Waals surface area contributed by atoms with Gasteiger partial charge in [-0.15, -0.1) is 12.4 Å². The van der Waals surface area contributed by atoms with E-state index in [-0.39, 0.29) is 18.4 Å². The minimum absolute atomic E-state index is 0. The molecule has 0 radical (unpaired) electrons. The summed E-state index contributed by atoms with van der Waals surface area (Å²) >= 11 is 0. The Labute approximate surface area is 127 Å². The van der Waals surface area contributed by atoms with E-state index in [9.17, 15) is 0 Å². The van der Waals surface area contributed by atoms with Gasteiger partial charge in [0, 0.05) is 6.04 Å². The number of nitrogens with two attached hydrogens (primary N) is 1. The molecule has 3 rings (SSSR count). The SMILES string of the molecule is CCCC[C@@H](N)c1ccc2c(c1)Cc1ccccc1-2.Cl. The molecule has 0 heterocycles. The van der Waals surface area contributed by atoms with Crippen molar-refractivity contribution in [2.75, 3.05) is 0 Å². The third-order valence-corrected chi connectivity index (χ3v) is 4.11. The Morgan fingerprint density at radius 1 is 1.05 bits per heavy atom. The highest BCUT2D eigenvalue weighted by atomic mass is 35.5. The van der Waals surface area contributed by atoms with Gasteiger partial charge >= 0.3 is 0 Å². The van der Waals surface area contributed by atoms with E-state index in [2.05, 4.69) is 49.4 Å². The van der Waals surface area contributed by atoms with Gasteiger partial charge in [-0.1, -0.05) is 62.2 Å². The molecule has 0 spiro atoms. The van der Waals surface area contributed by atoms with Crippen LogP contribution in [-0.2, 0) is 6.42 Å². The van der Waals surface area contributed by atoms with Crippen LogP contribution >= 0.6 is 12.4 Å². The molecular formula is C18H22ClN. The predicted molar refractivity (Wildman–Crippen MR) is 88.4 cm³/mol. The molecule has 2 N–H and O–H groups in total. The van der Waals surface area contributed by atoms with Gasteiger partial charge in [-0.2, -0.15) is 0 Å². The fourth-order valence-corrected chi connectivity index (χ4v) is 2.99. The van der Waals surface area contributed by atoms with Gasteiger partial charge in [0.2, 0.25) is 0 Å². The van der Waals surface area contributed by atoms with E-state index in [1.165, 1.54) is 40.7 Å². The van der Waals surface area contributed by atoms with Crippen molar-refractivity contribution >= 4 is 12.4 Å². The Balaban J connectivity index is 0.00000147.